The van der Waals surface area contributed by atoms with Gasteiger partial charge in [-0.2, -0.15) is 0 Å². The summed E-state index contributed by atoms with van der Waals surface area (Å²) in [6, 6.07) is 13.3. The Morgan fingerprint density at radius 3 is 2.60 bits per heavy atom. The van der Waals surface area contributed by atoms with Crippen molar-refractivity contribution in [3.63, 3.8) is 0 Å². The molecule has 1 amide bonds. The first kappa shape index (κ1) is 23.8. The molecule has 1 saturated heterocycles. The number of carbonyl (C=O) groups excluding carboxylic acids is 1. The fourth-order valence-corrected chi connectivity index (χ4v) is 5.94. The standard InChI is InChI=1S/C29H34N4OS/c1-5-32-13-10-24(11-14-32)22-6-8-23(9-7-22)25-16-19(2)27-18-33(20(3)26(27)17-25)21(4)28(34)31-29-30-12-15-35-29/h6-9,12,15-17,21,24H,3,5,10-11,13-14,18H2,1-2,4H3,(H,30,31,34). The lowest BCUT2D eigenvalue weighted by molar-refractivity contribution is -0.119. The van der Waals surface area contributed by atoms with E-state index in [1.54, 1.807) is 6.20 Å². The van der Waals surface area contributed by atoms with Crippen molar-refractivity contribution in [1.82, 2.24) is 14.8 Å². The Kier molecular flexibility index (Phi) is 6.76. The van der Waals surface area contributed by atoms with Crippen LogP contribution in [0.1, 0.15) is 54.9 Å². The summed E-state index contributed by atoms with van der Waals surface area (Å²) < 4.78 is 0. The van der Waals surface area contributed by atoms with Gasteiger partial charge in [-0.3, -0.25) is 4.79 Å². The molecule has 1 aromatic heterocycles. The van der Waals surface area contributed by atoms with Gasteiger partial charge in [0.1, 0.15) is 6.04 Å². The number of hydrogen-bond donors (Lipinski definition) is 1. The Hall–Kier alpha value is -2.96. The summed E-state index contributed by atoms with van der Waals surface area (Å²) in [5.74, 6) is 0.603. The van der Waals surface area contributed by atoms with E-state index < -0.39 is 0 Å². The lowest BCUT2D eigenvalue weighted by atomic mass is 9.88. The van der Waals surface area contributed by atoms with Crippen LogP contribution in [0, 0.1) is 6.92 Å². The maximum Gasteiger partial charge on any atom is 0.248 e. The minimum absolute atomic E-state index is 0.0628. The molecule has 6 heteroatoms. The number of aryl methyl sites for hydroxylation is 1. The number of aromatic nitrogens is 1. The smallest absolute Gasteiger partial charge is 0.248 e. The van der Waals surface area contributed by atoms with Crippen molar-refractivity contribution in [1.29, 1.82) is 0 Å². The SMILES string of the molecule is C=C1c2cc(-c3ccc(C4CCN(CC)CC4)cc3)cc(C)c2CN1C(C)C(=O)Nc1nccs1. The van der Waals surface area contributed by atoms with Crippen molar-refractivity contribution in [2.24, 2.45) is 0 Å². The zero-order valence-corrected chi connectivity index (χ0v) is 21.7. The molecule has 5 nitrogen and oxygen atoms in total. The number of amides is 1. The van der Waals surface area contributed by atoms with E-state index >= 15 is 0 Å². The van der Waals surface area contributed by atoms with Gasteiger partial charge in [0, 0.05) is 29.4 Å². The second-order valence-corrected chi connectivity index (χ2v) is 10.6. The van der Waals surface area contributed by atoms with Crippen LogP contribution in [0.2, 0.25) is 0 Å². The molecule has 2 aliphatic rings. The van der Waals surface area contributed by atoms with Crippen molar-refractivity contribution in [2.45, 2.75) is 52.1 Å². The third kappa shape index (κ3) is 4.78. The minimum Gasteiger partial charge on any atom is -0.355 e. The molecular formula is C29H34N4OS. The van der Waals surface area contributed by atoms with Crippen LogP contribution >= 0.6 is 11.3 Å². The molecule has 1 unspecified atom stereocenters. The van der Waals surface area contributed by atoms with Crippen molar-refractivity contribution in [2.75, 3.05) is 25.0 Å². The van der Waals surface area contributed by atoms with Crippen molar-refractivity contribution in [3.8, 4) is 11.1 Å². The van der Waals surface area contributed by atoms with E-state index in [9.17, 15) is 4.79 Å². The summed E-state index contributed by atoms with van der Waals surface area (Å²) in [6.07, 6.45) is 4.19. The van der Waals surface area contributed by atoms with E-state index in [0.29, 0.717) is 17.6 Å². The van der Waals surface area contributed by atoms with Crippen molar-refractivity contribution < 1.29 is 4.79 Å². The van der Waals surface area contributed by atoms with Gasteiger partial charge >= 0.3 is 0 Å². The number of nitrogens with zero attached hydrogens (tertiary/aromatic N) is 3. The number of carbonyl (C=O) groups is 1. The molecule has 3 heterocycles. The summed E-state index contributed by atoms with van der Waals surface area (Å²) >= 11 is 1.43. The Labute approximate surface area is 212 Å². The topological polar surface area (TPSA) is 48.5 Å². The Balaban J connectivity index is 1.32. The number of anilines is 1. The zero-order valence-electron chi connectivity index (χ0n) is 20.9. The third-order valence-corrected chi connectivity index (χ3v) is 8.41. The van der Waals surface area contributed by atoms with Gasteiger partial charge in [0.25, 0.3) is 0 Å². The fourth-order valence-electron chi connectivity index (χ4n) is 5.41. The largest absolute Gasteiger partial charge is 0.355 e. The van der Waals surface area contributed by atoms with Crippen molar-refractivity contribution >= 4 is 28.1 Å². The molecule has 2 aliphatic heterocycles. The summed E-state index contributed by atoms with van der Waals surface area (Å²) in [5.41, 5.74) is 8.44. The Morgan fingerprint density at radius 1 is 1.20 bits per heavy atom. The first-order valence-corrected chi connectivity index (χ1v) is 13.4. The van der Waals surface area contributed by atoms with Crippen LogP contribution in [0.4, 0.5) is 5.13 Å². The molecule has 5 rings (SSSR count). The van der Waals surface area contributed by atoms with E-state index in [-0.39, 0.29) is 11.9 Å². The molecule has 0 saturated carbocycles. The van der Waals surface area contributed by atoms with Gasteiger partial charge in [0.05, 0.1) is 0 Å². The molecule has 0 radical (unpaired) electrons. The summed E-state index contributed by atoms with van der Waals surface area (Å²) in [7, 11) is 0. The molecular weight excluding hydrogens is 452 g/mol. The number of benzene rings is 2. The van der Waals surface area contributed by atoms with Crippen LogP contribution in [0.15, 0.2) is 54.6 Å². The van der Waals surface area contributed by atoms with Crippen molar-refractivity contribution in [3.05, 3.63) is 76.8 Å². The second kappa shape index (κ2) is 9.96. The summed E-state index contributed by atoms with van der Waals surface area (Å²) in [6.45, 7) is 15.0. The monoisotopic (exact) mass is 486 g/mol. The first-order valence-electron chi connectivity index (χ1n) is 12.6. The van der Waals surface area contributed by atoms with E-state index in [1.165, 1.54) is 65.1 Å². The van der Waals surface area contributed by atoms with E-state index in [2.05, 4.69) is 76.9 Å². The number of hydrogen-bond acceptors (Lipinski definition) is 5. The van der Waals surface area contributed by atoms with Crippen LogP contribution in [-0.2, 0) is 11.3 Å². The molecule has 1 atom stereocenters. The van der Waals surface area contributed by atoms with Gasteiger partial charge < -0.3 is 15.1 Å². The third-order valence-electron chi connectivity index (χ3n) is 7.72. The minimum atomic E-state index is -0.333. The van der Waals surface area contributed by atoms with Gasteiger partial charge in [0.15, 0.2) is 5.13 Å². The Morgan fingerprint density at radius 2 is 1.94 bits per heavy atom. The molecule has 1 fully saturated rings. The highest BCUT2D eigenvalue weighted by Crippen LogP contribution is 2.39. The zero-order chi connectivity index (χ0) is 24.5. The molecule has 182 valence electrons. The maximum atomic E-state index is 12.8. The molecule has 2 aromatic carbocycles. The fraction of sp³-hybridized carbons (Fsp3) is 0.379. The van der Waals surface area contributed by atoms with Crippen LogP contribution in [0.3, 0.4) is 0 Å². The highest BCUT2D eigenvalue weighted by atomic mass is 32.1. The normalized spacial score (nSPS) is 17.5. The highest BCUT2D eigenvalue weighted by Gasteiger charge is 2.31. The van der Waals surface area contributed by atoms with Crippen LogP contribution in [-0.4, -0.2) is 46.4 Å². The predicted molar refractivity (Wildman–Crippen MR) is 145 cm³/mol. The summed E-state index contributed by atoms with van der Waals surface area (Å²) in [4.78, 5) is 21.6. The quantitative estimate of drug-likeness (QED) is 0.455. The van der Waals surface area contributed by atoms with Gasteiger partial charge in [-0.15, -0.1) is 11.3 Å². The predicted octanol–water partition coefficient (Wildman–Crippen LogP) is 6.13. The molecule has 35 heavy (non-hydrogen) atoms. The summed E-state index contributed by atoms with van der Waals surface area (Å²) in [5, 5.41) is 5.40. The van der Waals surface area contributed by atoms with Gasteiger partial charge in [-0.25, -0.2) is 4.98 Å². The van der Waals surface area contributed by atoms with Crippen LogP contribution in [0.5, 0.6) is 0 Å². The van der Waals surface area contributed by atoms with Crippen LogP contribution in [0.25, 0.3) is 16.8 Å². The molecule has 0 spiro atoms. The number of fused-ring (bicyclic) bond motifs is 1. The number of piperidine rings is 1. The van der Waals surface area contributed by atoms with E-state index in [1.807, 2.05) is 12.3 Å². The first-order chi connectivity index (χ1) is 16.9. The van der Waals surface area contributed by atoms with Gasteiger partial charge in [0.2, 0.25) is 5.91 Å². The number of rotatable bonds is 6. The van der Waals surface area contributed by atoms with E-state index in [0.717, 1.165) is 17.8 Å². The average Bonchev–Trinajstić information content (AvgIpc) is 3.52. The molecule has 0 aliphatic carbocycles. The Bertz CT molecular complexity index is 1210. The van der Waals surface area contributed by atoms with Gasteiger partial charge in [-0.1, -0.05) is 43.8 Å². The molecule has 3 aromatic rings. The second-order valence-electron chi connectivity index (χ2n) is 9.73. The molecule has 0 bridgehead atoms. The highest BCUT2D eigenvalue weighted by molar-refractivity contribution is 7.13. The van der Waals surface area contributed by atoms with Gasteiger partial charge in [-0.05, 0) is 86.1 Å². The van der Waals surface area contributed by atoms with E-state index in [4.69, 9.17) is 0 Å². The number of likely N-dealkylation sites (tertiary alicyclic amines) is 1. The number of thiazole rings is 1. The van der Waals surface area contributed by atoms with Crippen LogP contribution < -0.4 is 5.32 Å². The number of nitrogens with one attached hydrogen (secondary N) is 1. The lowest BCUT2D eigenvalue weighted by Crippen LogP contribution is -2.38. The maximum absolute atomic E-state index is 12.8. The molecule has 1 N–H and O–H groups in total. The average molecular weight is 487 g/mol. The lowest BCUT2D eigenvalue weighted by Gasteiger charge is -2.31.